The molecule has 5 rings (SSSR count). The minimum atomic E-state index is -0.831. The predicted octanol–water partition coefficient (Wildman–Crippen LogP) is 3.41. The first-order valence-corrected chi connectivity index (χ1v) is 13.2. The third-order valence-electron chi connectivity index (χ3n) is 7.89. The highest BCUT2D eigenvalue weighted by Gasteiger charge is 2.49. The van der Waals surface area contributed by atoms with Gasteiger partial charge in [-0.05, 0) is 50.7 Å². The minimum absolute atomic E-state index is 0.165. The Morgan fingerprint density at radius 3 is 1.56 bits per heavy atom. The number of hydrogen-bond donors (Lipinski definition) is 2. The lowest BCUT2D eigenvalue weighted by Gasteiger charge is -2.40. The second-order valence-electron chi connectivity index (χ2n) is 10.1. The van der Waals surface area contributed by atoms with Gasteiger partial charge < -0.3 is 19.7 Å². The summed E-state index contributed by atoms with van der Waals surface area (Å²) in [5.41, 5.74) is 0.798. The Labute approximate surface area is 212 Å². The van der Waals surface area contributed by atoms with Crippen LogP contribution in [-0.4, -0.2) is 69.6 Å². The van der Waals surface area contributed by atoms with Crippen molar-refractivity contribution in [3.05, 3.63) is 59.1 Å². The number of hydrogen-bond acceptors (Lipinski definition) is 8. The predicted molar refractivity (Wildman–Crippen MR) is 132 cm³/mol. The zero-order valence-corrected chi connectivity index (χ0v) is 21.0. The van der Waals surface area contributed by atoms with Gasteiger partial charge in [-0.15, -0.1) is 0 Å². The molecule has 2 saturated heterocycles. The highest BCUT2D eigenvalue weighted by molar-refractivity contribution is 6.17. The molecule has 8 heteroatoms. The van der Waals surface area contributed by atoms with Crippen molar-refractivity contribution in [2.24, 2.45) is 11.8 Å². The van der Waals surface area contributed by atoms with E-state index in [9.17, 15) is 19.8 Å². The molecule has 1 aromatic carbocycles. The molecule has 6 atom stereocenters. The van der Waals surface area contributed by atoms with E-state index >= 15 is 0 Å². The molecule has 2 aliphatic carbocycles. The van der Waals surface area contributed by atoms with E-state index < -0.39 is 36.7 Å². The van der Waals surface area contributed by atoms with Crippen LogP contribution < -0.4 is 0 Å². The van der Waals surface area contributed by atoms with E-state index in [-0.39, 0.29) is 11.6 Å². The van der Waals surface area contributed by atoms with Crippen molar-refractivity contribution >= 4 is 11.6 Å². The summed E-state index contributed by atoms with van der Waals surface area (Å²) in [4.78, 5) is 31.4. The average Bonchev–Trinajstić information content (AvgIpc) is 3.52. The fourth-order valence-corrected chi connectivity index (χ4v) is 6.03. The monoisotopic (exact) mass is 496 g/mol. The SMILES string of the molecule is CCC(OC1=CC=C(OC(CC)N2CCCC2O)C2C(=O)c3ccccc3C(=O)C12)N1CCCC1O. The second-order valence-corrected chi connectivity index (χ2v) is 10.1. The van der Waals surface area contributed by atoms with Crippen LogP contribution in [0.1, 0.15) is 73.1 Å². The molecular formula is C28H36N2O6. The molecule has 0 bridgehead atoms. The summed E-state index contributed by atoms with van der Waals surface area (Å²) in [6.45, 7) is 5.41. The van der Waals surface area contributed by atoms with E-state index in [1.54, 1.807) is 36.4 Å². The van der Waals surface area contributed by atoms with Gasteiger partial charge >= 0.3 is 0 Å². The molecule has 2 fully saturated rings. The number of carbonyl (C=O) groups excluding carboxylic acids is 2. The zero-order chi connectivity index (χ0) is 25.4. The Morgan fingerprint density at radius 2 is 1.22 bits per heavy atom. The molecule has 0 radical (unpaired) electrons. The molecule has 0 saturated carbocycles. The minimum Gasteiger partial charge on any atom is -0.479 e. The van der Waals surface area contributed by atoms with Gasteiger partial charge in [-0.3, -0.25) is 9.59 Å². The van der Waals surface area contributed by atoms with Crippen molar-refractivity contribution in [1.29, 1.82) is 0 Å². The zero-order valence-electron chi connectivity index (χ0n) is 21.0. The lowest BCUT2D eigenvalue weighted by Crippen LogP contribution is -2.46. The van der Waals surface area contributed by atoms with Crippen LogP contribution in [0, 0.1) is 11.8 Å². The van der Waals surface area contributed by atoms with E-state index in [0.717, 1.165) is 25.9 Å². The Hall–Kier alpha value is -2.52. The fraction of sp³-hybridized carbons (Fsp3) is 0.571. The van der Waals surface area contributed by atoms with Crippen molar-refractivity contribution < 1.29 is 29.3 Å². The molecule has 2 N–H and O–H groups in total. The van der Waals surface area contributed by atoms with Gasteiger partial charge in [0.25, 0.3) is 0 Å². The van der Waals surface area contributed by atoms with Crippen LogP contribution in [-0.2, 0) is 9.47 Å². The molecule has 36 heavy (non-hydrogen) atoms. The largest absolute Gasteiger partial charge is 0.479 e. The molecule has 2 aliphatic heterocycles. The number of aliphatic hydroxyl groups excluding tert-OH is 2. The average molecular weight is 497 g/mol. The van der Waals surface area contributed by atoms with E-state index in [1.165, 1.54) is 0 Å². The molecule has 0 amide bonds. The van der Waals surface area contributed by atoms with E-state index in [2.05, 4.69) is 0 Å². The lowest BCUT2D eigenvalue weighted by molar-refractivity contribution is -0.106. The molecule has 1 aromatic rings. The van der Waals surface area contributed by atoms with Crippen LogP contribution in [0.5, 0.6) is 0 Å². The second kappa shape index (κ2) is 10.5. The number of ether oxygens (including phenoxy) is 2. The summed E-state index contributed by atoms with van der Waals surface area (Å²) in [6, 6.07) is 6.92. The maximum absolute atomic E-state index is 13.8. The number of Topliss-reactive ketones (excluding diaryl/α,β-unsaturated/α-hetero) is 2. The number of carbonyl (C=O) groups is 2. The topological polar surface area (TPSA) is 99.5 Å². The van der Waals surface area contributed by atoms with Gasteiger partial charge in [0.15, 0.2) is 24.0 Å². The van der Waals surface area contributed by atoms with Crippen LogP contribution in [0.15, 0.2) is 47.9 Å². The molecule has 194 valence electrons. The smallest absolute Gasteiger partial charge is 0.175 e. The lowest BCUT2D eigenvalue weighted by atomic mass is 9.70. The van der Waals surface area contributed by atoms with Gasteiger partial charge in [-0.2, -0.15) is 0 Å². The molecule has 6 unspecified atom stereocenters. The van der Waals surface area contributed by atoms with Gasteiger partial charge in [-0.25, -0.2) is 9.80 Å². The molecule has 0 aromatic heterocycles. The maximum Gasteiger partial charge on any atom is 0.175 e. The normalized spacial score (nSPS) is 30.3. The standard InChI is InChI=1S/C28H36N2O6/c1-3-23(29-15-7-11-21(29)31)35-19-13-14-20(36-24(4-2)30-16-8-12-22(30)32)26-25(19)27(33)17-9-5-6-10-18(17)28(26)34/h5-6,9-10,13-14,21-26,31-32H,3-4,7-8,11-12,15-16H2,1-2H3. The van der Waals surface area contributed by atoms with Gasteiger partial charge in [0.2, 0.25) is 0 Å². The number of allylic oxidation sites excluding steroid dienone is 4. The summed E-state index contributed by atoms with van der Waals surface area (Å²) in [6.07, 6.45) is 5.94. The highest BCUT2D eigenvalue weighted by Crippen LogP contribution is 2.43. The fourth-order valence-electron chi connectivity index (χ4n) is 6.03. The summed E-state index contributed by atoms with van der Waals surface area (Å²) >= 11 is 0. The van der Waals surface area contributed by atoms with E-state index in [1.807, 2.05) is 23.6 Å². The van der Waals surface area contributed by atoms with E-state index in [4.69, 9.17) is 9.47 Å². The first-order valence-electron chi connectivity index (χ1n) is 13.2. The summed E-state index contributed by atoms with van der Waals surface area (Å²) in [7, 11) is 0. The number of benzene rings is 1. The highest BCUT2D eigenvalue weighted by atomic mass is 16.5. The maximum atomic E-state index is 13.8. The third kappa shape index (κ3) is 4.41. The summed E-state index contributed by atoms with van der Waals surface area (Å²) < 4.78 is 12.8. The van der Waals surface area contributed by atoms with Crippen LogP contribution in [0.4, 0.5) is 0 Å². The van der Waals surface area contributed by atoms with E-state index in [0.29, 0.717) is 48.3 Å². The number of likely N-dealkylation sites (tertiary alicyclic amines) is 2. The summed E-state index contributed by atoms with van der Waals surface area (Å²) in [5, 5.41) is 20.8. The van der Waals surface area contributed by atoms with Crippen molar-refractivity contribution in [3.63, 3.8) is 0 Å². The van der Waals surface area contributed by atoms with Gasteiger partial charge in [0.1, 0.15) is 24.0 Å². The number of fused-ring (bicyclic) bond motifs is 2. The summed E-state index contributed by atoms with van der Waals surface area (Å²) in [5.74, 6) is -1.13. The van der Waals surface area contributed by atoms with Crippen LogP contribution >= 0.6 is 0 Å². The molecule has 0 spiro atoms. The molecule has 4 aliphatic rings. The van der Waals surface area contributed by atoms with Crippen molar-refractivity contribution in [1.82, 2.24) is 9.80 Å². The Balaban J connectivity index is 1.50. The van der Waals surface area contributed by atoms with Gasteiger partial charge in [-0.1, -0.05) is 38.1 Å². The number of aliphatic hydroxyl groups is 2. The van der Waals surface area contributed by atoms with Crippen LogP contribution in [0.25, 0.3) is 0 Å². The van der Waals surface area contributed by atoms with Crippen LogP contribution in [0.2, 0.25) is 0 Å². The molecular weight excluding hydrogens is 460 g/mol. The van der Waals surface area contributed by atoms with Crippen molar-refractivity contribution in [2.75, 3.05) is 13.1 Å². The van der Waals surface area contributed by atoms with Crippen LogP contribution in [0.3, 0.4) is 0 Å². The quantitative estimate of drug-likeness (QED) is 0.565. The first-order chi connectivity index (χ1) is 17.4. The van der Waals surface area contributed by atoms with Gasteiger partial charge in [0.05, 0.1) is 11.8 Å². The van der Waals surface area contributed by atoms with Crippen molar-refractivity contribution in [2.45, 2.75) is 77.3 Å². The number of ketones is 2. The van der Waals surface area contributed by atoms with Gasteiger partial charge in [0, 0.05) is 24.2 Å². The molecule has 8 nitrogen and oxygen atoms in total. The number of rotatable bonds is 8. The Morgan fingerprint density at radius 1 is 0.806 bits per heavy atom. The number of nitrogens with zero attached hydrogens (tertiary/aromatic N) is 2. The Bertz CT molecular complexity index is 985. The first kappa shape index (κ1) is 25.1. The molecule has 2 heterocycles. The van der Waals surface area contributed by atoms with Crippen molar-refractivity contribution in [3.8, 4) is 0 Å². The third-order valence-corrected chi connectivity index (χ3v) is 7.89. The Kier molecular flexibility index (Phi) is 7.30.